The first-order valence-corrected chi connectivity index (χ1v) is 10.9. The standard InChI is InChI=1S/C22H23N9O/c1-13-21(14-5-20(32-2)22-15(7-23)8-25-30(22)9-14)26-27-31(13)17-10-28(11-17)19-6-16-3-4-18(19)29(16)12-24/h5,8-9,16-19H,3-4,6,10-11H2,1-2H3/t16?,18?,19-/m1/s1. The maximum Gasteiger partial charge on any atom is 0.179 e. The summed E-state index contributed by atoms with van der Waals surface area (Å²) in [7, 11) is 1.59. The molecule has 3 aromatic rings. The fourth-order valence-corrected chi connectivity index (χ4v) is 5.82. The Labute approximate surface area is 185 Å². The first kappa shape index (κ1) is 19.1. The van der Waals surface area contributed by atoms with Crippen molar-refractivity contribution in [3.8, 4) is 29.3 Å². The van der Waals surface area contributed by atoms with Crippen molar-refractivity contribution < 1.29 is 4.74 Å². The summed E-state index contributed by atoms with van der Waals surface area (Å²) in [4.78, 5) is 4.52. The van der Waals surface area contributed by atoms with E-state index < -0.39 is 0 Å². The number of aromatic nitrogens is 5. The van der Waals surface area contributed by atoms with Crippen LogP contribution in [0.2, 0.25) is 0 Å². The van der Waals surface area contributed by atoms with Crippen molar-refractivity contribution in [3.05, 3.63) is 29.7 Å². The van der Waals surface area contributed by atoms with Crippen LogP contribution in [0.15, 0.2) is 18.5 Å². The number of hydrogen-bond acceptors (Lipinski definition) is 8. The quantitative estimate of drug-likeness (QED) is 0.577. The highest BCUT2D eigenvalue weighted by Crippen LogP contribution is 2.42. The molecule has 0 saturated carbocycles. The molecule has 32 heavy (non-hydrogen) atoms. The van der Waals surface area contributed by atoms with Crippen LogP contribution in [0.4, 0.5) is 0 Å². The Hall–Kier alpha value is -3.63. The van der Waals surface area contributed by atoms with Gasteiger partial charge in [-0.3, -0.25) is 4.90 Å². The monoisotopic (exact) mass is 429 g/mol. The molecule has 0 amide bonds. The zero-order valence-electron chi connectivity index (χ0n) is 18.0. The fourth-order valence-electron chi connectivity index (χ4n) is 5.82. The second-order valence-electron chi connectivity index (χ2n) is 8.94. The third kappa shape index (κ3) is 2.56. The van der Waals surface area contributed by atoms with Gasteiger partial charge in [0.15, 0.2) is 6.19 Å². The lowest BCUT2D eigenvalue weighted by Crippen LogP contribution is -2.56. The van der Waals surface area contributed by atoms with E-state index in [2.05, 4.69) is 32.6 Å². The Kier molecular flexibility index (Phi) is 4.14. The van der Waals surface area contributed by atoms with Crippen molar-refractivity contribution >= 4 is 5.52 Å². The fraction of sp³-hybridized carbons (Fsp3) is 0.500. The molecule has 3 atom stereocenters. The molecule has 6 rings (SSSR count). The molecule has 0 aliphatic carbocycles. The average Bonchev–Trinajstić information content (AvgIpc) is 3.54. The molecule has 3 saturated heterocycles. The Morgan fingerprint density at radius 3 is 2.72 bits per heavy atom. The molecular formula is C22H23N9O. The number of methoxy groups -OCH3 is 1. The molecule has 2 unspecified atom stereocenters. The van der Waals surface area contributed by atoms with E-state index >= 15 is 0 Å². The topological polar surface area (TPSA) is 111 Å². The average molecular weight is 429 g/mol. The summed E-state index contributed by atoms with van der Waals surface area (Å²) in [6.07, 6.45) is 9.18. The lowest BCUT2D eigenvalue weighted by Gasteiger charge is -2.45. The minimum absolute atomic E-state index is 0.284. The van der Waals surface area contributed by atoms with E-state index in [9.17, 15) is 10.5 Å². The van der Waals surface area contributed by atoms with E-state index in [0.717, 1.165) is 49.3 Å². The van der Waals surface area contributed by atoms with Crippen molar-refractivity contribution in [1.82, 2.24) is 34.4 Å². The largest absolute Gasteiger partial charge is 0.494 e. The van der Waals surface area contributed by atoms with Gasteiger partial charge in [0, 0.05) is 36.9 Å². The Morgan fingerprint density at radius 2 is 2.00 bits per heavy atom. The minimum Gasteiger partial charge on any atom is -0.494 e. The highest BCUT2D eigenvalue weighted by Gasteiger charge is 2.51. The molecule has 10 heteroatoms. The third-order valence-electron chi connectivity index (χ3n) is 7.44. The van der Waals surface area contributed by atoms with E-state index in [4.69, 9.17) is 4.74 Å². The maximum atomic E-state index is 9.44. The van der Waals surface area contributed by atoms with E-state index in [1.54, 1.807) is 11.6 Å². The first-order valence-electron chi connectivity index (χ1n) is 10.9. The normalized spacial score (nSPS) is 25.1. The summed E-state index contributed by atoms with van der Waals surface area (Å²) in [5, 5.41) is 32.0. The van der Waals surface area contributed by atoms with Gasteiger partial charge >= 0.3 is 0 Å². The number of nitriles is 2. The molecule has 0 N–H and O–H groups in total. The zero-order valence-corrected chi connectivity index (χ0v) is 18.0. The van der Waals surface area contributed by atoms with Crippen LogP contribution in [0.5, 0.6) is 5.75 Å². The summed E-state index contributed by atoms with van der Waals surface area (Å²) in [5.41, 5.74) is 3.75. The van der Waals surface area contributed by atoms with Gasteiger partial charge in [0.25, 0.3) is 0 Å². The number of nitrogens with zero attached hydrogens (tertiary/aromatic N) is 9. The van der Waals surface area contributed by atoms with E-state index in [1.165, 1.54) is 6.20 Å². The van der Waals surface area contributed by atoms with Crippen molar-refractivity contribution in [3.63, 3.8) is 0 Å². The molecule has 3 aliphatic rings. The van der Waals surface area contributed by atoms with Gasteiger partial charge in [-0.15, -0.1) is 5.10 Å². The number of pyridine rings is 1. The molecular weight excluding hydrogens is 406 g/mol. The molecule has 3 aromatic heterocycles. The van der Waals surface area contributed by atoms with Crippen LogP contribution < -0.4 is 4.74 Å². The molecule has 162 valence electrons. The number of ether oxygens (including phenoxy) is 1. The van der Waals surface area contributed by atoms with Gasteiger partial charge in [0.1, 0.15) is 28.6 Å². The Balaban J connectivity index is 1.24. The van der Waals surface area contributed by atoms with Crippen LogP contribution in [-0.4, -0.2) is 72.7 Å². The van der Waals surface area contributed by atoms with Crippen molar-refractivity contribution in [2.75, 3.05) is 20.2 Å². The van der Waals surface area contributed by atoms with Crippen molar-refractivity contribution in [2.24, 2.45) is 0 Å². The lowest BCUT2D eigenvalue weighted by molar-refractivity contribution is 0.0360. The van der Waals surface area contributed by atoms with Crippen molar-refractivity contribution in [1.29, 1.82) is 10.5 Å². The summed E-state index contributed by atoms with van der Waals surface area (Å²) < 4.78 is 9.20. The van der Waals surface area contributed by atoms with Gasteiger partial charge in [-0.05, 0) is 32.3 Å². The van der Waals surface area contributed by atoms with Gasteiger partial charge in [0.2, 0.25) is 0 Å². The van der Waals surface area contributed by atoms with Gasteiger partial charge < -0.3 is 9.64 Å². The van der Waals surface area contributed by atoms with E-state index in [-0.39, 0.29) is 6.04 Å². The number of fused-ring (bicyclic) bond motifs is 3. The molecule has 2 bridgehead atoms. The van der Waals surface area contributed by atoms with Gasteiger partial charge in [0.05, 0.1) is 31.1 Å². The maximum absolute atomic E-state index is 9.44. The molecule has 10 nitrogen and oxygen atoms in total. The van der Waals surface area contributed by atoms with E-state index in [0.29, 0.717) is 35.0 Å². The van der Waals surface area contributed by atoms with E-state index in [1.807, 2.05) is 28.8 Å². The SMILES string of the molecule is COc1cc(-c2nnn(C3CN([C@@H]4CC5CCC4N5C#N)C3)c2C)cn2ncc(C#N)c12. The molecule has 0 spiro atoms. The molecule has 0 radical (unpaired) electrons. The minimum atomic E-state index is 0.284. The predicted molar refractivity (Wildman–Crippen MR) is 113 cm³/mol. The highest BCUT2D eigenvalue weighted by molar-refractivity contribution is 5.74. The van der Waals surface area contributed by atoms with Gasteiger partial charge in [-0.25, -0.2) is 9.20 Å². The summed E-state index contributed by atoms with van der Waals surface area (Å²) in [6.45, 7) is 3.90. The number of rotatable bonds is 4. The van der Waals surface area contributed by atoms with Crippen LogP contribution >= 0.6 is 0 Å². The Morgan fingerprint density at radius 1 is 1.16 bits per heavy atom. The van der Waals surface area contributed by atoms with Crippen LogP contribution in [-0.2, 0) is 0 Å². The molecule has 6 heterocycles. The summed E-state index contributed by atoms with van der Waals surface area (Å²) in [6, 6.07) is 5.62. The van der Waals surface area contributed by atoms with Crippen LogP contribution in [0.1, 0.15) is 36.6 Å². The summed E-state index contributed by atoms with van der Waals surface area (Å²) in [5.74, 6) is 0.582. The van der Waals surface area contributed by atoms with Crippen molar-refractivity contribution in [2.45, 2.75) is 50.4 Å². The second kappa shape index (κ2) is 6.94. The summed E-state index contributed by atoms with van der Waals surface area (Å²) >= 11 is 0. The van der Waals surface area contributed by atoms with Gasteiger partial charge in [-0.2, -0.15) is 15.6 Å². The smallest absolute Gasteiger partial charge is 0.179 e. The number of hydrogen-bond donors (Lipinski definition) is 0. The molecule has 3 aliphatic heterocycles. The van der Waals surface area contributed by atoms with Crippen LogP contribution in [0.3, 0.4) is 0 Å². The highest BCUT2D eigenvalue weighted by atomic mass is 16.5. The molecule has 3 fully saturated rings. The van der Waals surface area contributed by atoms with Crippen LogP contribution in [0, 0.1) is 29.7 Å². The van der Waals surface area contributed by atoms with Gasteiger partial charge in [-0.1, -0.05) is 5.21 Å². The Bertz CT molecular complexity index is 1290. The van der Waals surface area contributed by atoms with Crippen LogP contribution in [0.25, 0.3) is 16.8 Å². The predicted octanol–water partition coefficient (Wildman–Crippen LogP) is 1.72. The zero-order chi connectivity index (χ0) is 22.0. The second-order valence-corrected chi connectivity index (χ2v) is 8.94. The lowest BCUT2D eigenvalue weighted by atomic mass is 9.91. The first-order chi connectivity index (χ1) is 15.6. The third-order valence-corrected chi connectivity index (χ3v) is 7.44. The number of likely N-dealkylation sites (tertiary alicyclic amines) is 1. The molecule has 0 aromatic carbocycles.